The standard InChI is InChI=1S/C10H6N2O4/c13-10(14)7-4-3-6-2-1-5-11-8(6)9(7)12(15)16/h1-5H,(H,13,14). The average Bonchev–Trinajstić information content (AvgIpc) is 2.27. The van der Waals surface area contributed by atoms with Crippen LogP contribution < -0.4 is 0 Å². The highest BCUT2D eigenvalue weighted by Crippen LogP contribution is 2.27. The molecule has 0 aliphatic carbocycles. The van der Waals surface area contributed by atoms with Crippen LogP contribution in [0.25, 0.3) is 10.9 Å². The van der Waals surface area contributed by atoms with E-state index in [0.717, 1.165) is 0 Å². The van der Waals surface area contributed by atoms with E-state index in [0.29, 0.717) is 5.39 Å². The van der Waals surface area contributed by atoms with Crippen LogP contribution in [-0.4, -0.2) is 21.0 Å². The smallest absolute Gasteiger partial charge is 0.342 e. The normalized spacial score (nSPS) is 10.2. The summed E-state index contributed by atoms with van der Waals surface area (Å²) in [6.45, 7) is 0. The summed E-state index contributed by atoms with van der Waals surface area (Å²) in [6.07, 6.45) is 1.39. The van der Waals surface area contributed by atoms with E-state index in [9.17, 15) is 14.9 Å². The number of carboxylic acids is 1. The second-order valence-electron chi connectivity index (χ2n) is 3.10. The summed E-state index contributed by atoms with van der Waals surface area (Å²) in [6, 6.07) is 5.98. The summed E-state index contributed by atoms with van der Waals surface area (Å²) in [5, 5.41) is 20.2. The molecule has 80 valence electrons. The summed E-state index contributed by atoms with van der Waals surface area (Å²) < 4.78 is 0. The number of rotatable bonds is 2. The predicted molar refractivity (Wildman–Crippen MR) is 55.4 cm³/mol. The zero-order valence-corrected chi connectivity index (χ0v) is 7.95. The molecule has 0 unspecified atom stereocenters. The van der Waals surface area contributed by atoms with Crippen LogP contribution in [0, 0.1) is 10.1 Å². The molecule has 0 bridgehead atoms. The van der Waals surface area contributed by atoms with Gasteiger partial charge in [0.15, 0.2) is 0 Å². The van der Waals surface area contributed by atoms with E-state index < -0.39 is 16.6 Å². The number of carboxylic acid groups (broad SMARTS) is 1. The maximum atomic E-state index is 10.8. The highest BCUT2D eigenvalue weighted by molar-refractivity contribution is 6.01. The maximum Gasteiger partial charge on any atom is 0.342 e. The lowest BCUT2D eigenvalue weighted by Crippen LogP contribution is -2.03. The molecule has 16 heavy (non-hydrogen) atoms. The third kappa shape index (κ3) is 1.46. The van der Waals surface area contributed by atoms with Crippen molar-refractivity contribution in [3.8, 4) is 0 Å². The number of pyridine rings is 1. The summed E-state index contributed by atoms with van der Waals surface area (Å²) in [5.74, 6) is -1.33. The molecule has 0 aliphatic heterocycles. The van der Waals surface area contributed by atoms with Crippen LogP contribution in [0.2, 0.25) is 0 Å². The van der Waals surface area contributed by atoms with E-state index >= 15 is 0 Å². The number of nitro groups is 1. The molecule has 0 spiro atoms. The van der Waals surface area contributed by atoms with Crippen molar-refractivity contribution in [2.24, 2.45) is 0 Å². The zero-order chi connectivity index (χ0) is 11.7. The van der Waals surface area contributed by atoms with Gasteiger partial charge in [0, 0.05) is 11.6 Å². The molecule has 6 nitrogen and oxygen atoms in total. The lowest BCUT2D eigenvalue weighted by atomic mass is 10.1. The molecule has 0 aliphatic rings. The molecule has 0 fully saturated rings. The molecule has 1 N–H and O–H groups in total. The van der Waals surface area contributed by atoms with Gasteiger partial charge in [0.05, 0.1) is 4.92 Å². The fourth-order valence-corrected chi connectivity index (χ4v) is 1.49. The van der Waals surface area contributed by atoms with Crippen molar-refractivity contribution in [2.75, 3.05) is 0 Å². The van der Waals surface area contributed by atoms with Crippen molar-refractivity contribution < 1.29 is 14.8 Å². The van der Waals surface area contributed by atoms with Gasteiger partial charge < -0.3 is 5.11 Å². The van der Waals surface area contributed by atoms with E-state index in [-0.39, 0.29) is 11.1 Å². The molecule has 0 amide bonds. The first-order chi connectivity index (χ1) is 7.61. The summed E-state index contributed by atoms with van der Waals surface area (Å²) in [7, 11) is 0. The highest BCUT2D eigenvalue weighted by Gasteiger charge is 2.23. The Balaban J connectivity index is 2.90. The number of aromatic nitrogens is 1. The van der Waals surface area contributed by atoms with Crippen LogP contribution in [0.4, 0.5) is 5.69 Å². The fourth-order valence-electron chi connectivity index (χ4n) is 1.49. The van der Waals surface area contributed by atoms with Gasteiger partial charge in [-0.15, -0.1) is 0 Å². The molecule has 1 aromatic heterocycles. The summed E-state index contributed by atoms with van der Waals surface area (Å²) in [5.41, 5.74) is -0.728. The monoisotopic (exact) mass is 218 g/mol. The van der Waals surface area contributed by atoms with E-state index in [4.69, 9.17) is 5.11 Å². The molecule has 0 saturated carbocycles. The van der Waals surface area contributed by atoms with Gasteiger partial charge in [0.2, 0.25) is 0 Å². The Morgan fingerprint density at radius 2 is 2.12 bits per heavy atom. The third-order valence-electron chi connectivity index (χ3n) is 2.16. The number of benzene rings is 1. The second kappa shape index (κ2) is 3.58. The minimum Gasteiger partial charge on any atom is -0.477 e. The Labute approximate surface area is 89.3 Å². The number of nitro benzene ring substituents is 1. The van der Waals surface area contributed by atoms with E-state index in [1.165, 1.54) is 18.3 Å². The van der Waals surface area contributed by atoms with Crippen LogP contribution >= 0.6 is 0 Å². The molecule has 2 rings (SSSR count). The minimum absolute atomic E-state index is 0.0902. The van der Waals surface area contributed by atoms with Gasteiger partial charge in [-0.2, -0.15) is 0 Å². The van der Waals surface area contributed by atoms with Crippen LogP contribution in [0.15, 0.2) is 30.5 Å². The van der Waals surface area contributed by atoms with Crippen molar-refractivity contribution in [2.45, 2.75) is 0 Å². The van der Waals surface area contributed by atoms with Crippen molar-refractivity contribution in [3.05, 3.63) is 46.1 Å². The predicted octanol–water partition coefficient (Wildman–Crippen LogP) is 1.84. The van der Waals surface area contributed by atoms with Gasteiger partial charge >= 0.3 is 11.7 Å². The zero-order valence-electron chi connectivity index (χ0n) is 7.95. The number of hydrogen-bond donors (Lipinski definition) is 1. The SMILES string of the molecule is O=C(O)c1ccc2cccnc2c1[N+](=O)[O-]. The molecule has 0 radical (unpaired) electrons. The van der Waals surface area contributed by atoms with Crippen molar-refractivity contribution in [3.63, 3.8) is 0 Å². The van der Waals surface area contributed by atoms with Gasteiger partial charge in [0.25, 0.3) is 0 Å². The molecular weight excluding hydrogens is 212 g/mol. The molecule has 1 aromatic carbocycles. The first kappa shape index (κ1) is 10.0. The second-order valence-corrected chi connectivity index (χ2v) is 3.10. The average molecular weight is 218 g/mol. The molecule has 1 heterocycles. The van der Waals surface area contributed by atoms with Gasteiger partial charge in [-0.1, -0.05) is 12.1 Å². The fraction of sp³-hybridized carbons (Fsp3) is 0. The molecule has 2 aromatic rings. The summed E-state index contributed by atoms with van der Waals surface area (Å²) >= 11 is 0. The lowest BCUT2D eigenvalue weighted by molar-refractivity contribution is -0.383. The molecular formula is C10H6N2O4. The van der Waals surface area contributed by atoms with E-state index in [1.807, 2.05) is 0 Å². The Morgan fingerprint density at radius 3 is 2.75 bits per heavy atom. The van der Waals surface area contributed by atoms with Crippen LogP contribution in [0.1, 0.15) is 10.4 Å². The molecule has 6 heteroatoms. The Hall–Kier alpha value is -2.50. The number of fused-ring (bicyclic) bond motifs is 1. The highest BCUT2D eigenvalue weighted by atomic mass is 16.6. The van der Waals surface area contributed by atoms with E-state index in [2.05, 4.69) is 4.98 Å². The Kier molecular flexibility index (Phi) is 2.24. The van der Waals surface area contributed by atoms with Gasteiger partial charge in [0.1, 0.15) is 11.1 Å². The number of carbonyl (C=O) groups is 1. The molecule has 0 atom stereocenters. The maximum absolute atomic E-state index is 10.8. The van der Waals surface area contributed by atoms with Gasteiger partial charge in [-0.3, -0.25) is 10.1 Å². The van der Waals surface area contributed by atoms with Crippen molar-refractivity contribution in [1.82, 2.24) is 4.98 Å². The van der Waals surface area contributed by atoms with Gasteiger partial charge in [-0.25, -0.2) is 9.78 Å². The molecule has 0 saturated heterocycles. The number of aromatic carboxylic acids is 1. The van der Waals surface area contributed by atoms with Crippen LogP contribution in [0.3, 0.4) is 0 Å². The number of nitrogens with zero attached hydrogens (tertiary/aromatic N) is 2. The summed E-state index contributed by atoms with van der Waals surface area (Å²) in [4.78, 5) is 24.8. The van der Waals surface area contributed by atoms with Crippen molar-refractivity contribution >= 4 is 22.6 Å². The van der Waals surface area contributed by atoms with Crippen LogP contribution in [0.5, 0.6) is 0 Å². The van der Waals surface area contributed by atoms with Gasteiger partial charge in [-0.05, 0) is 12.1 Å². The topological polar surface area (TPSA) is 93.3 Å². The van der Waals surface area contributed by atoms with Crippen molar-refractivity contribution in [1.29, 1.82) is 0 Å². The number of hydrogen-bond acceptors (Lipinski definition) is 4. The van der Waals surface area contributed by atoms with E-state index in [1.54, 1.807) is 12.1 Å². The largest absolute Gasteiger partial charge is 0.477 e. The Morgan fingerprint density at radius 1 is 1.38 bits per heavy atom. The first-order valence-corrected chi connectivity index (χ1v) is 4.36. The third-order valence-corrected chi connectivity index (χ3v) is 2.16. The Bertz CT molecular complexity index is 594. The first-order valence-electron chi connectivity index (χ1n) is 4.36. The lowest BCUT2D eigenvalue weighted by Gasteiger charge is -2.01. The quantitative estimate of drug-likeness (QED) is 0.613. The minimum atomic E-state index is -1.33. The van der Waals surface area contributed by atoms with Crippen LogP contribution in [-0.2, 0) is 0 Å².